The summed E-state index contributed by atoms with van der Waals surface area (Å²) < 4.78 is 14.8. The van der Waals surface area contributed by atoms with Gasteiger partial charge in [-0.05, 0) is 53.0 Å². The van der Waals surface area contributed by atoms with Gasteiger partial charge < -0.3 is 35.7 Å². The Bertz CT molecular complexity index is 1400. The number of rotatable bonds is 3. The monoisotopic (exact) mass is 512 g/mol. The quantitative estimate of drug-likeness (QED) is 0.323. The molecule has 10 nitrogen and oxygen atoms in total. The number of hydrogen-bond acceptors (Lipinski definition) is 9. The minimum Gasteiger partial charge on any atom is -0.488 e. The Labute approximate surface area is 196 Å². The molecule has 1 aliphatic heterocycles. The molecule has 6 rings (SSSR count). The molecule has 3 aromatic heterocycles. The molecule has 0 spiro atoms. The van der Waals surface area contributed by atoms with Crippen LogP contribution in [0.2, 0.25) is 0 Å². The summed E-state index contributed by atoms with van der Waals surface area (Å²) in [5, 5.41) is 23.9. The molecular weight excluding hydrogens is 492 g/mol. The normalized spacial score (nSPS) is 29.1. The van der Waals surface area contributed by atoms with Crippen LogP contribution < -0.4 is 16.2 Å². The molecule has 11 heteroatoms. The minimum atomic E-state index is -1.45. The van der Waals surface area contributed by atoms with E-state index in [9.17, 15) is 10.2 Å². The number of aliphatic hydroxyl groups is 2. The van der Waals surface area contributed by atoms with Crippen LogP contribution in [0.3, 0.4) is 0 Å². The molecule has 0 bridgehead atoms. The Morgan fingerprint density at radius 1 is 1.18 bits per heavy atom. The zero-order chi connectivity index (χ0) is 22.9. The SMILES string of the molecule is Nc1nc2cc(O[C@H]3CC[C@@]4(O)[C@@H]3O[C@@H](n3ccc5c(N)ncnc53)[C@@H]4O)ccc2cc1Br. The predicted octanol–water partition coefficient (Wildman–Crippen LogP) is 2.14. The molecule has 33 heavy (non-hydrogen) atoms. The number of aromatic nitrogens is 4. The van der Waals surface area contributed by atoms with Crippen LogP contribution in [-0.2, 0) is 4.74 Å². The number of hydrogen-bond donors (Lipinski definition) is 4. The highest BCUT2D eigenvalue weighted by Crippen LogP contribution is 2.48. The van der Waals surface area contributed by atoms with E-state index in [0.717, 1.165) is 9.86 Å². The Hall–Kier alpha value is -2.99. The van der Waals surface area contributed by atoms with Gasteiger partial charge in [0.15, 0.2) is 6.23 Å². The van der Waals surface area contributed by atoms with Crippen molar-refractivity contribution in [1.82, 2.24) is 19.5 Å². The summed E-state index contributed by atoms with van der Waals surface area (Å²) in [4.78, 5) is 12.7. The fraction of sp³-hybridized carbons (Fsp3) is 0.318. The van der Waals surface area contributed by atoms with E-state index >= 15 is 0 Å². The first-order valence-corrected chi connectivity index (χ1v) is 11.3. The van der Waals surface area contributed by atoms with E-state index in [2.05, 4.69) is 30.9 Å². The first-order chi connectivity index (χ1) is 15.8. The second kappa shape index (κ2) is 7.26. The van der Waals surface area contributed by atoms with Gasteiger partial charge in [0.25, 0.3) is 0 Å². The maximum atomic E-state index is 11.3. The number of benzene rings is 1. The van der Waals surface area contributed by atoms with Gasteiger partial charge in [-0.1, -0.05) is 0 Å². The maximum absolute atomic E-state index is 11.3. The number of halogens is 1. The van der Waals surface area contributed by atoms with Gasteiger partial charge in [-0.15, -0.1) is 0 Å². The number of fused-ring (bicyclic) bond motifs is 3. The Balaban J connectivity index is 1.29. The van der Waals surface area contributed by atoms with Crippen molar-refractivity contribution in [2.75, 3.05) is 11.5 Å². The lowest BCUT2D eigenvalue weighted by atomic mass is 9.94. The van der Waals surface area contributed by atoms with Gasteiger partial charge in [0.1, 0.15) is 53.3 Å². The number of nitrogens with zero attached hydrogens (tertiary/aromatic N) is 4. The Morgan fingerprint density at radius 3 is 2.88 bits per heavy atom. The molecule has 1 aromatic carbocycles. The molecule has 6 N–H and O–H groups in total. The zero-order valence-corrected chi connectivity index (χ0v) is 18.9. The van der Waals surface area contributed by atoms with Crippen LogP contribution in [0.4, 0.5) is 11.6 Å². The third-order valence-corrected chi connectivity index (χ3v) is 7.23. The van der Waals surface area contributed by atoms with Crippen LogP contribution in [0.1, 0.15) is 19.1 Å². The van der Waals surface area contributed by atoms with Crippen LogP contribution >= 0.6 is 15.9 Å². The van der Waals surface area contributed by atoms with E-state index in [4.69, 9.17) is 20.9 Å². The molecule has 0 unspecified atom stereocenters. The summed E-state index contributed by atoms with van der Waals surface area (Å²) >= 11 is 3.39. The minimum absolute atomic E-state index is 0.335. The van der Waals surface area contributed by atoms with Crippen LogP contribution in [0, 0.1) is 0 Å². The number of nitrogens with two attached hydrogens (primary N) is 2. The zero-order valence-electron chi connectivity index (χ0n) is 17.3. The molecule has 2 fully saturated rings. The third kappa shape index (κ3) is 3.07. The number of aliphatic hydroxyl groups excluding tert-OH is 1. The maximum Gasteiger partial charge on any atom is 0.164 e. The molecule has 2 aliphatic rings. The summed E-state index contributed by atoms with van der Waals surface area (Å²) in [5.41, 5.74) is 11.6. The lowest BCUT2D eigenvalue weighted by Gasteiger charge is -2.26. The van der Waals surface area contributed by atoms with Crippen molar-refractivity contribution < 1.29 is 19.7 Å². The van der Waals surface area contributed by atoms with Crippen LogP contribution in [-0.4, -0.2) is 53.6 Å². The highest BCUT2D eigenvalue weighted by Gasteiger charge is 2.62. The first kappa shape index (κ1) is 20.6. The molecule has 4 heterocycles. The molecular formula is C22H21BrN6O4. The van der Waals surface area contributed by atoms with E-state index in [1.807, 2.05) is 18.2 Å². The molecule has 1 saturated heterocycles. The molecule has 4 aromatic rings. The third-order valence-electron chi connectivity index (χ3n) is 6.60. The van der Waals surface area contributed by atoms with Crippen LogP contribution in [0.25, 0.3) is 21.9 Å². The van der Waals surface area contributed by atoms with Crippen LogP contribution in [0.5, 0.6) is 5.75 Å². The van der Waals surface area contributed by atoms with Crippen molar-refractivity contribution >= 4 is 49.5 Å². The molecule has 5 atom stereocenters. The highest BCUT2D eigenvalue weighted by molar-refractivity contribution is 9.10. The van der Waals surface area contributed by atoms with Crippen molar-refractivity contribution in [2.45, 2.75) is 43.0 Å². The number of anilines is 2. The highest BCUT2D eigenvalue weighted by atomic mass is 79.9. The van der Waals surface area contributed by atoms with E-state index < -0.39 is 30.1 Å². The van der Waals surface area contributed by atoms with Gasteiger partial charge >= 0.3 is 0 Å². The van der Waals surface area contributed by atoms with E-state index in [1.54, 1.807) is 22.9 Å². The average Bonchev–Trinajstić information content (AvgIpc) is 3.42. The van der Waals surface area contributed by atoms with Crippen LogP contribution in [0.15, 0.2) is 47.3 Å². The van der Waals surface area contributed by atoms with E-state index in [1.165, 1.54) is 6.33 Å². The topological polar surface area (TPSA) is 155 Å². The molecule has 1 saturated carbocycles. The van der Waals surface area contributed by atoms with Gasteiger partial charge in [0.2, 0.25) is 0 Å². The fourth-order valence-electron chi connectivity index (χ4n) is 4.90. The van der Waals surface area contributed by atoms with Gasteiger partial charge in [-0.2, -0.15) is 0 Å². The number of nitrogen functional groups attached to an aromatic ring is 2. The average molecular weight is 513 g/mol. The summed E-state index contributed by atoms with van der Waals surface area (Å²) in [6.45, 7) is 0. The summed E-state index contributed by atoms with van der Waals surface area (Å²) in [6.07, 6.45) is 0.751. The standard InChI is InChI=1S/C22H21BrN6O4/c23-13-7-10-1-2-11(8-14(10)28-19(13)25)32-15-3-5-22(31)16(30)21(33-17(15)22)29-6-4-12-18(24)26-9-27-20(12)29/h1-2,4,6-9,15-17,21,30-31H,3,5H2,(H2,25,28)(H2,24,26,27)/t15-,16-,17+,21+,22-/m0/s1. The van der Waals surface area contributed by atoms with Crippen molar-refractivity contribution in [3.8, 4) is 5.75 Å². The fourth-order valence-corrected chi connectivity index (χ4v) is 5.24. The number of pyridine rings is 1. The van der Waals surface area contributed by atoms with Crippen molar-refractivity contribution in [1.29, 1.82) is 0 Å². The predicted molar refractivity (Wildman–Crippen MR) is 124 cm³/mol. The van der Waals surface area contributed by atoms with Gasteiger partial charge in [-0.3, -0.25) is 0 Å². The molecule has 1 aliphatic carbocycles. The van der Waals surface area contributed by atoms with Crippen molar-refractivity contribution in [2.24, 2.45) is 0 Å². The molecule has 0 radical (unpaired) electrons. The van der Waals surface area contributed by atoms with Gasteiger partial charge in [0, 0.05) is 17.6 Å². The van der Waals surface area contributed by atoms with Gasteiger partial charge in [0.05, 0.1) is 15.4 Å². The second-order valence-electron chi connectivity index (χ2n) is 8.51. The van der Waals surface area contributed by atoms with E-state index in [0.29, 0.717) is 46.8 Å². The van der Waals surface area contributed by atoms with Gasteiger partial charge in [-0.25, -0.2) is 15.0 Å². The van der Waals surface area contributed by atoms with Crippen molar-refractivity contribution in [3.63, 3.8) is 0 Å². The van der Waals surface area contributed by atoms with E-state index in [-0.39, 0.29) is 0 Å². The lowest BCUT2D eigenvalue weighted by molar-refractivity contribution is -0.0791. The first-order valence-electron chi connectivity index (χ1n) is 10.5. The summed E-state index contributed by atoms with van der Waals surface area (Å²) in [7, 11) is 0. The lowest BCUT2D eigenvalue weighted by Crippen LogP contribution is -2.47. The second-order valence-corrected chi connectivity index (χ2v) is 9.36. The molecule has 170 valence electrons. The largest absolute Gasteiger partial charge is 0.488 e. The Kier molecular flexibility index (Phi) is 4.53. The summed E-state index contributed by atoms with van der Waals surface area (Å²) in [6, 6.07) is 9.20. The smallest absolute Gasteiger partial charge is 0.164 e. The Morgan fingerprint density at radius 2 is 2.03 bits per heavy atom. The summed E-state index contributed by atoms with van der Waals surface area (Å²) in [5.74, 6) is 1.31. The molecule has 0 amide bonds. The van der Waals surface area contributed by atoms with Crippen molar-refractivity contribution in [3.05, 3.63) is 47.3 Å². The number of ether oxygens (including phenoxy) is 2.